The number of rotatable bonds is 3. The maximum absolute atomic E-state index is 12.6. The standard InChI is InChI=1S/C18H13F3N2O3/c19-18(20,21)10-3-1-9(2-4-10)12-8-13(12)16(24)22-11-5-6-15-14(7-11)23-17(25)26-15/h1-7,12-13H,8H2,(H,22,24)(H,23,25). The van der Waals surface area contributed by atoms with Gasteiger partial charge in [-0.05, 0) is 48.2 Å². The van der Waals surface area contributed by atoms with Crippen molar-refractivity contribution in [1.82, 2.24) is 4.98 Å². The summed E-state index contributed by atoms with van der Waals surface area (Å²) in [6.45, 7) is 0. The van der Waals surface area contributed by atoms with Gasteiger partial charge in [0.15, 0.2) is 5.58 Å². The third kappa shape index (κ3) is 3.10. The number of aromatic nitrogens is 1. The Bertz CT molecular complexity index is 1030. The van der Waals surface area contributed by atoms with Crippen molar-refractivity contribution >= 4 is 22.7 Å². The molecule has 1 amide bonds. The van der Waals surface area contributed by atoms with Gasteiger partial charge in [-0.3, -0.25) is 9.78 Å². The zero-order chi connectivity index (χ0) is 18.5. The van der Waals surface area contributed by atoms with Crippen LogP contribution in [0.5, 0.6) is 0 Å². The number of alkyl halides is 3. The summed E-state index contributed by atoms with van der Waals surface area (Å²) in [5.41, 5.74) is 1.39. The lowest BCUT2D eigenvalue weighted by Gasteiger charge is -2.08. The Hall–Kier alpha value is -3.03. The number of oxazole rings is 1. The fourth-order valence-electron chi connectivity index (χ4n) is 3.04. The van der Waals surface area contributed by atoms with E-state index < -0.39 is 17.5 Å². The van der Waals surface area contributed by atoms with Crippen LogP contribution < -0.4 is 11.1 Å². The second-order valence-electron chi connectivity index (χ2n) is 6.28. The minimum absolute atomic E-state index is 0.0882. The van der Waals surface area contributed by atoms with Crippen molar-refractivity contribution in [3.8, 4) is 0 Å². The third-order valence-electron chi connectivity index (χ3n) is 4.48. The minimum atomic E-state index is -4.37. The van der Waals surface area contributed by atoms with Crippen LogP contribution in [0.15, 0.2) is 51.7 Å². The zero-order valence-corrected chi connectivity index (χ0v) is 13.3. The van der Waals surface area contributed by atoms with Crippen LogP contribution in [0.3, 0.4) is 0 Å². The number of carbonyl (C=O) groups excluding carboxylic acids is 1. The highest BCUT2D eigenvalue weighted by molar-refractivity contribution is 5.96. The first-order chi connectivity index (χ1) is 12.3. The number of halogens is 3. The van der Waals surface area contributed by atoms with E-state index in [0.717, 1.165) is 12.1 Å². The van der Waals surface area contributed by atoms with E-state index in [2.05, 4.69) is 10.3 Å². The molecule has 134 valence electrons. The van der Waals surface area contributed by atoms with Gasteiger partial charge in [0.25, 0.3) is 0 Å². The Balaban J connectivity index is 1.44. The van der Waals surface area contributed by atoms with Crippen molar-refractivity contribution in [1.29, 1.82) is 0 Å². The number of benzene rings is 2. The van der Waals surface area contributed by atoms with Gasteiger partial charge >= 0.3 is 11.9 Å². The lowest BCUT2D eigenvalue weighted by molar-refractivity contribution is -0.137. The van der Waals surface area contributed by atoms with Crippen molar-refractivity contribution in [3.05, 3.63) is 64.1 Å². The van der Waals surface area contributed by atoms with Crippen LogP contribution >= 0.6 is 0 Å². The highest BCUT2D eigenvalue weighted by Gasteiger charge is 2.44. The van der Waals surface area contributed by atoms with Gasteiger partial charge in [0.2, 0.25) is 5.91 Å². The molecule has 1 heterocycles. The largest absolute Gasteiger partial charge is 0.417 e. The summed E-state index contributed by atoms with van der Waals surface area (Å²) in [5.74, 6) is -1.16. The number of hydrogen-bond acceptors (Lipinski definition) is 3. The molecule has 2 unspecified atom stereocenters. The minimum Gasteiger partial charge on any atom is -0.408 e. The van der Waals surface area contributed by atoms with E-state index in [-0.39, 0.29) is 17.7 Å². The Morgan fingerprint density at radius 2 is 1.88 bits per heavy atom. The van der Waals surface area contributed by atoms with Gasteiger partial charge in [-0.25, -0.2) is 4.79 Å². The molecular weight excluding hydrogens is 349 g/mol. The van der Waals surface area contributed by atoms with Gasteiger partial charge < -0.3 is 9.73 Å². The van der Waals surface area contributed by atoms with Crippen LogP contribution in [0, 0.1) is 5.92 Å². The van der Waals surface area contributed by atoms with Gasteiger partial charge in [-0.15, -0.1) is 0 Å². The van der Waals surface area contributed by atoms with Gasteiger partial charge in [0.1, 0.15) is 0 Å². The fourth-order valence-corrected chi connectivity index (χ4v) is 3.04. The summed E-state index contributed by atoms with van der Waals surface area (Å²) in [7, 11) is 0. The third-order valence-corrected chi connectivity index (χ3v) is 4.48. The molecule has 1 saturated carbocycles. The van der Waals surface area contributed by atoms with E-state index in [1.54, 1.807) is 18.2 Å². The first-order valence-corrected chi connectivity index (χ1v) is 7.92. The molecule has 5 nitrogen and oxygen atoms in total. The Kier molecular flexibility index (Phi) is 3.64. The molecule has 0 radical (unpaired) electrons. The summed E-state index contributed by atoms with van der Waals surface area (Å²) < 4.78 is 42.7. The molecule has 4 rings (SSSR count). The molecule has 26 heavy (non-hydrogen) atoms. The lowest BCUT2D eigenvalue weighted by atomic mass is 10.1. The van der Waals surface area contributed by atoms with Crippen LogP contribution in [0.1, 0.15) is 23.5 Å². The molecule has 1 aromatic heterocycles. The second kappa shape index (κ2) is 5.76. The molecule has 2 atom stereocenters. The number of carbonyl (C=O) groups is 1. The maximum Gasteiger partial charge on any atom is 0.417 e. The molecule has 8 heteroatoms. The van der Waals surface area contributed by atoms with Crippen molar-refractivity contribution in [3.63, 3.8) is 0 Å². The molecule has 0 bridgehead atoms. The zero-order valence-electron chi connectivity index (χ0n) is 13.3. The van der Waals surface area contributed by atoms with Crippen LogP contribution in [0.4, 0.5) is 18.9 Å². The highest BCUT2D eigenvalue weighted by atomic mass is 19.4. The van der Waals surface area contributed by atoms with E-state index in [0.29, 0.717) is 28.8 Å². The number of H-pyrrole nitrogens is 1. The Morgan fingerprint density at radius 3 is 2.58 bits per heavy atom. The molecule has 2 N–H and O–H groups in total. The van der Waals surface area contributed by atoms with E-state index in [1.807, 2.05) is 0 Å². The van der Waals surface area contributed by atoms with Crippen LogP contribution in [-0.2, 0) is 11.0 Å². The molecular formula is C18H13F3N2O3. The highest BCUT2D eigenvalue weighted by Crippen LogP contribution is 2.48. The molecule has 0 spiro atoms. The maximum atomic E-state index is 12.6. The van der Waals surface area contributed by atoms with Crippen molar-refractivity contribution < 1.29 is 22.4 Å². The van der Waals surface area contributed by atoms with E-state index in [9.17, 15) is 22.8 Å². The molecule has 3 aromatic rings. The normalized spacial score (nSPS) is 19.5. The molecule has 1 aliphatic carbocycles. The monoisotopic (exact) mass is 362 g/mol. The number of fused-ring (bicyclic) bond motifs is 1. The molecule has 0 saturated heterocycles. The van der Waals surface area contributed by atoms with Gasteiger partial charge in [0.05, 0.1) is 11.1 Å². The Labute approximate surface area is 144 Å². The molecule has 0 aliphatic heterocycles. The second-order valence-corrected chi connectivity index (χ2v) is 6.28. The van der Waals surface area contributed by atoms with E-state index in [4.69, 9.17) is 4.42 Å². The van der Waals surface area contributed by atoms with Crippen LogP contribution in [0.25, 0.3) is 11.1 Å². The number of hydrogen-bond donors (Lipinski definition) is 2. The van der Waals surface area contributed by atoms with Gasteiger partial charge in [-0.1, -0.05) is 12.1 Å². The predicted molar refractivity (Wildman–Crippen MR) is 87.8 cm³/mol. The number of nitrogens with one attached hydrogen (secondary N) is 2. The summed E-state index contributed by atoms with van der Waals surface area (Å²) in [4.78, 5) is 26.0. The van der Waals surface area contributed by atoms with Crippen LogP contribution in [0.2, 0.25) is 0 Å². The summed E-state index contributed by atoms with van der Waals surface area (Å²) in [6.07, 6.45) is -3.78. The summed E-state index contributed by atoms with van der Waals surface area (Å²) >= 11 is 0. The smallest absolute Gasteiger partial charge is 0.408 e. The first-order valence-electron chi connectivity index (χ1n) is 7.92. The summed E-state index contributed by atoms with van der Waals surface area (Å²) in [5, 5.41) is 2.76. The first kappa shape index (κ1) is 16.4. The van der Waals surface area contributed by atoms with Crippen molar-refractivity contribution in [2.45, 2.75) is 18.5 Å². The van der Waals surface area contributed by atoms with Crippen molar-refractivity contribution in [2.75, 3.05) is 5.32 Å². The van der Waals surface area contributed by atoms with Crippen molar-refractivity contribution in [2.24, 2.45) is 5.92 Å². The average Bonchev–Trinajstić information content (AvgIpc) is 3.29. The average molecular weight is 362 g/mol. The predicted octanol–water partition coefficient (Wildman–Crippen LogP) is 3.88. The van der Waals surface area contributed by atoms with E-state index in [1.165, 1.54) is 12.1 Å². The van der Waals surface area contributed by atoms with Gasteiger partial charge in [0, 0.05) is 11.6 Å². The Morgan fingerprint density at radius 1 is 1.15 bits per heavy atom. The molecule has 1 aliphatic rings. The lowest BCUT2D eigenvalue weighted by Crippen LogP contribution is -2.14. The fraction of sp³-hybridized carbons (Fsp3) is 0.222. The number of anilines is 1. The SMILES string of the molecule is O=C(Nc1ccc2oc(=O)[nH]c2c1)C1CC1c1ccc(C(F)(F)F)cc1. The topological polar surface area (TPSA) is 75.1 Å². The number of aromatic amines is 1. The quantitative estimate of drug-likeness (QED) is 0.742. The number of amides is 1. The van der Waals surface area contributed by atoms with E-state index >= 15 is 0 Å². The molecule has 2 aromatic carbocycles. The van der Waals surface area contributed by atoms with Gasteiger partial charge in [-0.2, -0.15) is 13.2 Å². The molecule has 1 fully saturated rings. The summed E-state index contributed by atoms with van der Waals surface area (Å²) in [6, 6.07) is 9.69. The van der Waals surface area contributed by atoms with Crippen LogP contribution in [-0.4, -0.2) is 10.9 Å².